The lowest BCUT2D eigenvalue weighted by molar-refractivity contribution is -0.209. The van der Waals surface area contributed by atoms with E-state index in [4.69, 9.17) is 0 Å². The van der Waals surface area contributed by atoms with Crippen molar-refractivity contribution < 1.29 is 18.7 Å². The molecule has 0 aromatic carbocycles. The van der Waals surface area contributed by atoms with Crippen molar-refractivity contribution in [1.29, 1.82) is 0 Å². The lowest BCUT2D eigenvalue weighted by Gasteiger charge is -2.62. The number of carbonyl (C=O) groups excluding carboxylic acids is 1. The lowest BCUT2D eigenvalue weighted by Crippen LogP contribution is -2.70. The maximum atomic E-state index is 13.3. The molecule has 13 heteroatoms. The van der Waals surface area contributed by atoms with Crippen LogP contribution in [-0.4, -0.2) is 70.7 Å². The minimum atomic E-state index is -2.72. The molecule has 1 amide bonds. The number of hydrogen-bond donors (Lipinski definition) is 2. The minimum Gasteiger partial charge on any atom is -0.384 e. The number of tetrazole rings is 1. The first-order valence-electron chi connectivity index (χ1n) is 12.5. The number of aryl methyl sites for hydroxylation is 1. The largest absolute Gasteiger partial charge is 0.384 e. The Morgan fingerprint density at radius 1 is 1.18 bits per heavy atom. The highest BCUT2D eigenvalue weighted by molar-refractivity contribution is 6.04. The summed E-state index contributed by atoms with van der Waals surface area (Å²) in [6.45, 7) is 2.97. The van der Waals surface area contributed by atoms with Gasteiger partial charge in [-0.25, -0.2) is 13.8 Å². The molecule has 196 valence electrons. The number of rotatable bonds is 6. The van der Waals surface area contributed by atoms with Crippen LogP contribution in [-0.2, 0) is 0 Å². The predicted octanol–water partition coefficient (Wildman–Crippen LogP) is 2.87. The Morgan fingerprint density at radius 3 is 2.71 bits per heavy atom. The molecule has 2 aliphatic carbocycles. The number of pyridine rings is 2. The van der Waals surface area contributed by atoms with Crippen molar-refractivity contribution in [2.75, 3.05) is 23.3 Å². The summed E-state index contributed by atoms with van der Waals surface area (Å²) >= 11 is 0. The zero-order valence-corrected chi connectivity index (χ0v) is 20.6. The van der Waals surface area contributed by atoms with Crippen LogP contribution in [0.4, 0.5) is 20.2 Å². The number of imidazole rings is 1. The summed E-state index contributed by atoms with van der Waals surface area (Å²) in [6.07, 6.45) is 4.57. The molecule has 7 rings (SSSR count). The lowest BCUT2D eigenvalue weighted by atomic mass is 9.55. The number of nitrogens with one attached hydrogen (secondary N) is 1. The second-order valence-corrected chi connectivity index (χ2v) is 10.8. The SMILES string of the molecule is Cc1ncc(-c2nnn(C3CC3)n2)cc1NC(=O)c1cnc2ccc(N3CC4(C3)CC(O)(C(F)F)C4)cn12. The van der Waals surface area contributed by atoms with E-state index in [2.05, 4.69) is 35.6 Å². The molecule has 3 aliphatic rings. The van der Waals surface area contributed by atoms with Crippen molar-refractivity contribution in [3.05, 3.63) is 48.2 Å². The Hall–Kier alpha value is -4.00. The van der Waals surface area contributed by atoms with Gasteiger partial charge in [-0.3, -0.25) is 14.2 Å². The van der Waals surface area contributed by atoms with E-state index in [1.165, 1.54) is 6.20 Å². The first-order valence-corrected chi connectivity index (χ1v) is 12.5. The van der Waals surface area contributed by atoms with Crippen molar-refractivity contribution in [3.8, 4) is 11.4 Å². The topological polar surface area (TPSA) is 126 Å². The van der Waals surface area contributed by atoms with Crippen LogP contribution in [0.15, 0.2) is 36.8 Å². The summed E-state index contributed by atoms with van der Waals surface area (Å²) in [5.74, 6) is 0.0949. The number of halogens is 2. The van der Waals surface area contributed by atoms with Crippen LogP contribution in [0.1, 0.15) is 47.9 Å². The number of aromatic nitrogens is 7. The molecular weight excluding hydrogens is 496 g/mol. The second-order valence-electron chi connectivity index (χ2n) is 10.8. The molecule has 1 aliphatic heterocycles. The van der Waals surface area contributed by atoms with Crippen molar-refractivity contribution in [2.24, 2.45) is 5.41 Å². The van der Waals surface area contributed by atoms with Crippen LogP contribution >= 0.6 is 0 Å². The zero-order valence-electron chi connectivity index (χ0n) is 20.6. The Labute approximate surface area is 215 Å². The fourth-order valence-corrected chi connectivity index (χ4v) is 5.66. The molecule has 0 atom stereocenters. The highest BCUT2D eigenvalue weighted by Gasteiger charge is 2.63. The Balaban J connectivity index is 1.09. The van der Waals surface area contributed by atoms with Gasteiger partial charge >= 0.3 is 0 Å². The summed E-state index contributed by atoms with van der Waals surface area (Å²) in [4.78, 5) is 25.7. The maximum Gasteiger partial charge on any atom is 0.274 e. The molecule has 4 aromatic heterocycles. The highest BCUT2D eigenvalue weighted by atomic mass is 19.3. The summed E-state index contributed by atoms with van der Waals surface area (Å²) in [6, 6.07) is 5.80. The molecule has 38 heavy (non-hydrogen) atoms. The van der Waals surface area contributed by atoms with Crippen molar-refractivity contribution in [1.82, 2.24) is 34.6 Å². The van der Waals surface area contributed by atoms with E-state index in [0.29, 0.717) is 53.2 Å². The molecular formula is C25H25F2N9O2. The maximum absolute atomic E-state index is 13.3. The molecule has 0 unspecified atom stereocenters. The molecule has 1 spiro atoms. The summed E-state index contributed by atoms with van der Waals surface area (Å²) in [7, 11) is 0. The Kier molecular flexibility index (Phi) is 4.87. The number of anilines is 2. The normalized spacial score (nSPS) is 19.6. The number of fused-ring (bicyclic) bond motifs is 1. The standard InChI is InChI=1S/C25H25F2N9O2/c1-14-18(6-15(7-28-14)21-31-33-36(32-21)16-2-3-16)30-22(37)19-8-29-20-5-4-17(9-35(19)20)34-12-24(13-34)10-25(38,11-24)23(26)27/h4-9,16,23,38H,2-3,10-13H2,1H3,(H,30,37). The van der Waals surface area contributed by atoms with Gasteiger partial charge in [0, 0.05) is 36.5 Å². The number of alkyl halides is 2. The van der Waals surface area contributed by atoms with Gasteiger partial charge in [0.1, 0.15) is 16.9 Å². The third-order valence-corrected chi connectivity index (χ3v) is 7.80. The average molecular weight is 522 g/mol. The highest BCUT2D eigenvalue weighted by Crippen LogP contribution is 2.56. The quantitative estimate of drug-likeness (QED) is 0.397. The molecule has 1 saturated heterocycles. The number of aliphatic hydroxyl groups is 1. The van der Waals surface area contributed by atoms with Crippen molar-refractivity contribution >= 4 is 22.9 Å². The molecule has 0 bridgehead atoms. The van der Waals surface area contributed by atoms with Crippen LogP contribution < -0.4 is 10.2 Å². The number of hydrogen-bond acceptors (Lipinski definition) is 8. The zero-order chi connectivity index (χ0) is 26.2. The molecule has 0 radical (unpaired) electrons. The second kappa shape index (κ2) is 8.00. The third-order valence-electron chi connectivity index (χ3n) is 7.80. The first kappa shape index (κ1) is 23.1. The van der Waals surface area contributed by atoms with Crippen molar-refractivity contribution in [3.63, 3.8) is 0 Å². The number of nitrogens with zero attached hydrogens (tertiary/aromatic N) is 8. The van der Waals surface area contributed by atoms with E-state index in [9.17, 15) is 18.7 Å². The molecule has 5 heterocycles. The first-order chi connectivity index (χ1) is 18.2. The molecule has 2 saturated carbocycles. The third kappa shape index (κ3) is 3.71. The summed E-state index contributed by atoms with van der Waals surface area (Å²) in [5.41, 5.74) is 1.49. The van der Waals surface area contributed by atoms with Crippen LogP contribution in [0.2, 0.25) is 0 Å². The van der Waals surface area contributed by atoms with Gasteiger partial charge in [0.2, 0.25) is 5.82 Å². The van der Waals surface area contributed by atoms with Crippen molar-refractivity contribution in [2.45, 2.75) is 50.7 Å². The minimum absolute atomic E-state index is 0.105. The molecule has 11 nitrogen and oxygen atoms in total. The van der Waals surface area contributed by atoms with Gasteiger partial charge in [-0.2, -0.15) is 4.80 Å². The number of amides is 1. The monoisotopic (exact) mass is 521 g/mol. The van der Waals surface area contributed by atoms with Gasteiger partial charge in [0.05, 0.1) is 29.3 Å². The van der Waals surface area contributed by atoms with E-state index >= 15 is 0 Å². The summed E-state index contributed by atoms with van der Waals surface area (Å²) < 4.78 is 27.8. The van der Waals surface area contributed by atoms with Gasteiger partial charge in [-0.15, -0.1) is 10.2 Å². The summed E-state index contributed by atoms with van der Waals surface area (Å²) in [5, 5.41) is 25.6. The molecule has 4 aromatic rings. The van der Waals surface area contributed by atoms with E-state index in [-0.39, 0.29) is 24.2 Å². The van der Waals surface area contributed by atoms with Gasteiger partial charge < -0.3 is 15.3 Å². The van der Waals surface area contributed by atoms with E-state index in [1.807, 2.05) is 18.3 Å². The van der Waals surface area contributed by atoms with Crippen LogP contribution in [0.5, 0.6) is 0 Å². The van der Waals surface area contributed by atoms with E-state index in [1.54, 1.807) is 28.4 Å². The fourth-order valence-electron chi connectivity index (χ4n) is 5.66. The van der Waals surface area contributed by atoms with Gasteiger partial charge in [0.25, 0.3) is 12.3 Å². The molecule has 3 fully saturated rings. The fraction of sp³-hybridized carbons (Fsp3) is 0.440. The van der Waals surface area contributed by atoms with Gasteiger partial charge in [-0.1, -0.05) is 0 Å². The Bertz CT molecular complexity index is 1560. The van der Waals surface area contributed by atoms with Gasteiger partial charge in [-0.05, 0) is 56.0 Å². The van der Waals surface area contributed by atoms with Gasteiger partial charge in [0.15, 0.2) is 0 Å². The average Bonchev–Trinajstić information content (AvgIpc) is 3.42. The van der Waals surface area contributed by atoms with E-state index < -0.39 is 12.0 Å². The smallest absolute Gasteiger partial charge is 0.274 e. The van der Waals surface area contributed by atoms with E-state index in [0.717, 1.165) is 18.5 Å². The predicted molar refractivity (Wildman–Crippen MR) is 132 cm³/mol. The van der Waals surface area contributed by atoms with Crippen LogP contribution in [0.25, 0.3) is 17.0 Å². The van der Waals surface area contributed by atoms with Crippen LogP contribution in [0, 0.1) is 12.3 Å². The van der Waals surface area contributed by atoms with Crippen LogP contribution in [0.3, 0.4) is 0 Å². The number of carbonyl (C=O) groups is 1. The Morgan fingerprint density at radius 2 is 1.97 bits per heavy atom. The molecule has 2 N–H and O–H groups in total.